The fourth-order valence-corrected chi connectivity index (χ4v) is 5.61. The Bertz CT molecular complexity index is 1180. The maximum absolute atomic E-state index is 13.5. The Balaban J connectivity index is 1.71. The van der Waals surface area contributed by atoms with Crippen LogP contribution >= 0.6 is 11.3 Å². The molecule has 0 spiro atoms. The number of fused-ring (bicyclic) bond motifs is 1. The Morgan fingerprint density at radius 3 is 2.52 bits per heavy atom. The minimum Gasteiger partial charge on any atom is -0.504 e. The molecule has 6 heteroatoms. The van der Waals surface area contributed by atoms with E-state index in [-0.39, 0.29) is 11.7 Å². The Labute approximate surface area is 199 Å². The number of carbonyl (C=O) groups is 1. The van der Waals surface area contributed by atoms with Crippen molar-refractivity contribution in [2.45, 2.75) is 52.4 Å². The van der Waals surface area contributed by atoms with E-state index < -0.39 is 0 Å². The minimum atomic E-state index is -0.103. The van der Waals surface area contributed by atoms with E-state index in [2.05, 4.69) is 11.4 Å². The normalized spacial score (nSPS) is 13.9. The van der Waals surface area contributed by atoms with Gasteiger partial charge in [-0.1, -0.05) is 18.9 Å². The molecular formula is C27H30N2O3S. The van der Waals surface area contributed by atoms with E-state index >= 15 is 0 Å². The number of amides is 1. The molecule has 0 unspecified atom stereocenters. The first-order chi connectivity index (χ1) is 15.9. The van der Waals surface area contributed by atoms with E-state index in [1.54, 1.807) is 35.8 Å². The third-order valence-corrected chi connectivity index (χ3v) is 7.09. The van der Waals surface area contributed by atoms with E-state index in [0.717, 1.165) is 58.6 Å². The molecule has 0 saturated carbocycles. The Kier molecular flexibility index (Phi) is 7.14. The van der Waals surface area contributed by atoms with E-state index in [9.17, 15) is 9.90 Å². The molecule has 1 aliphatic rings. The highest BCUT2D eigenvalue weighted by Gasteiger charge is 2.24. The van der Waals surface area contributed by atoms with Crippen LogP contribution in [0.2, 0.25) is 0 Å². The number of aromatic hydroxyl groups is 1. The highest BCUT2D eigenvalue weighted by Crippen LogP contribution is 2.39. The van der Waals surface area contributed by atoms with Crippen molar-refractivity contribution in [3.8, 4) is 11.5 Å². The summed E-state index contributed by atoms with van der Waals surface area (Å²) in [6.07, 6.45) is 8.29. The molecule has 2 N–H and O–H groups in total. The maximum Gasteiger partial charge on any atom is 0.259 e. The van der Waals surface area contributed by atoms with Crippen LogP contribution in [-0.2, 0) is 12.8 Å². The van der Waals surface area contributed by atoms with Gasteiger partial charge in [0.25, 0.3) is 5.91 Å². The van der Waals surface area contributed by atoms with Crippen molar-refractivity contribution >= 4 is 34.1 Å². The average molecular weight is 463 g/mol. The van der Waals surface area contributed by atoms with Gasteiger partial charge >= 0.3 is 0 Å². The number of hydrogen-bond donors (Lipinski definition) is 2. The van der Waals surface area contributed by atoms with Crippen LogP contribution in [0.4, 0.5) is 10.7 Å². The third kappa shape index (κ3) is 5.45. The fourth-order valence-electron chi connectivity index (χ4n) is 4.38. The molecule has 0 fully saturated rings. The molecule has 0 aliphatic heterocycles. The topological polar surface area (TPSA) is 70.9 Å². The first-order valence-corrected chi connectivity index (χ1v) is 12.2. The molecule has 0 atom stereocenters. The summed E-state index contributed by atoms with van der Waals surface area (Å²) in [4.78, 5) is 19.5. The number of carbonyl (C=O) groups excluding carboxylic acids is 1. The summed E-state index contributed by atoms with van der Waals surface area (Å²) in [5.41, 5.74) is 5.68. The standard InChI is InChI=1S/C27H30N2O3S/c1-17-12-18(2)14-20(13-17)29-26(31)25-21-8-6-4-5-7-9-24(21)33-27(25)28-16-19-10-11-22(30)23(15-19)32-3/h10-16,30H,4-9H2,1-3H3,(H,29,31). The Morgan fingerprint density at radius 2 is 1.79 bits per heavy atom. The quantitative estimate of drug-likeness (QED) is 0.412. The van der Waals surface area contributed by atoms with Gasteiger partial charge in [-0.3, -0.25) is 4.79 Å². The Hall–Kier alpha value is -3.12. The molecule has 172 valence electrons. The summed E-state index contributed by atoms with van der Waals surface area (Å²) < 4.78 is 5.21. The number of hydrogen-bond acceptors (Lipinski definition) is 5. The number of aliphatic imine (C=N–C) groups is 1. The van der Waals surface area contributed by atoms with Crippen molar-refractivity contribution in [2.75, 3.05) is 12.4 Å². The van der Waals surface area contributed by atoms with Crippen LogP contribution in [0.25, 0.3) is 0 Å². The van der Waals surface area contributed by atoms with Crippen LogP contribution in [0.1, 0.15) is 63.2 Å². The summed E-state index contributed by atoms with van der Waals surface area (Å²) in [7, 11) is 1.52. The lowest BCUT2D eigenvalue weighted by Crippen LogP contribution is -2.14. The molecule has 2 aromatic carbocycles. The second-order valence-corrected chi connectivity index (χ2v) is 9.70. The van der Waals surface area contributed by atoms with E-state index in [1.165, 1.54) is 24.8 Å². The predicted molar refractivity (Wildman–Crippen MR) is 136 cm³/mol. The predicted octanol–water partition coefficient (Wildman–Crippen LogP) is 6.74. The van der Waals surface area contributed by atoms with Crippen LogP contribution < -0.4 is 10.1 Å². The largest absolute Gasteiger partial charge is 0.504 e. The van der Waals surface area contributed by atoms with Crippen molar-refractivity contribution in [2.24, 2.45) is 4.99 Å². The number of anilines is 1. The van der Waals surface area contributed by atoms with Crippen LogP contribution in [-0.4, -0.2) is 24.3 Å². The summed E-state index contributed by atoms with van der Waals surface area (Å²) in [5.74, 6) is 0.376. The number of methoxy groups -OCH3 is 1. The van der Waals surface area contributed by atoms with Crippen molar-refractivity contribution in [1.29, 1.82) is 0 Å². The zero-order valence-electron chi connectivity index (χ0n) is 19.4. The number of nitrogens with zero attached hydrogens (tertiary/aromatic N) is 1. The minimum absolute atomic E-state index is 0.0854. The molecule has 0 bridgehead atoms. The van der Waals surface area contributed by atoms with Crippen LogP contribution in [0.5, 0.6) is 11.5 Å². The number of aryl methyl sites for hydroxylation is 3. The molecule has 3 aromatic rings. The Morgan fingerprint density at radius 1 is 1.06 bits per heavy atom. The first-order valence-electron chi connectivity index (χ1n) is 11.4. The zero-order chi connectivity index (χ0) is 23.4. The van der Waals surface area contributed by atoms with E-state index in [0.29, 0.717) is 11.3 Å². The lowest BCUT2D eigenvalue weighted by molar-refractivity contribution is 0.102. The lowest BCUT2D eigenvalue weighted by Gasteiger charge is -2.12. The number of nitrogens with one attached hydrogen (secondary N) is 1. The van der Waals surface area contributed by atoms with Gasteiger partial charge in [-0.15, -0.1) is 11.3 Å². The summed E-state index contributed by atoms with van der Waals surface area (Å²) in [5, 5.41) is 13.7. The van der Waals surface area contributed by atoms with Crippen molar-refractivity contribution < 1.29 is 14.6 Å². The van der Waals surface area contributed by atoms with Gasteiger partial charge in [-0.2, -0.15) is 0 Å². The van der Waals surface area contributed by atoms with E-state index in [4.69, 9.17) is 9.73 Å². The first kappa shape index (κ1) is 23.1. The molecule has 0 radical (unpaired) electrons. The highest BCUT2D eigenvalue weighted by atomic mass is 32.1. The monoisotopic (exact) mass is 462 g/mol. The van der Waals surface area contributed by atoms with Gasteiger partial charge in [0.1, 0.15) is 5.00 Å². The summed E-state index contributed by atoms with van der Waals surface area (Å²) in [6, 6.07) is 11.2. The molecule has 1 aliphatic carbocycles. The molecule has 1 heterocycles. The summed E-state index contributed by atoms with van der Waals surface area (Å²) >= 11 is 1.62. The van der Waals surface area contributed by atoms with Crippen molar-refractivity contribution in [3.05, 3.63) is 69.1 Å². The molecule has 4 rings (SSSR count). The number of phenols is 1. The highest BCUT2D eigenvalue weighted by molar-refractivity contribution is 7.16. The van der Waals surface area contributed by atoms with Gasteiger partial charge in [0, 0.05) is 16.8 Å². The van der Waals surface area contributed by atoms with Crippen molar-refractivity contribution in [1.82, 2.24) is 0 Å². The van der Waals surface area contributed by atoms with Gasteiger partial charge in [-0.25, -0.2) is 4.99 Å². The maximum atomic E-state index is 13.5. The third-order valence-electron chi connectivity index (χ3n) is 5.89. The fraction of sp³-hybridized carbons (Fsp3) is 0.333. The molecule has 5 nitrogen and oxygen atoms in total. The number of phenolic OH excluding ortho intramolecular Hbond substituents is 1. The van der Waals surface area contributed by atoms with Crippen LogP contribution in [0.15, 0.2) is 41.4 Å². The van der Waals surface area contributed by atoms with Gasteiger partial charge in [0.2, 0.25) is 0 Å². The van der Waals surface area contributed by atoms with Crippen LogP contribution in [0, 0.1) is 13.8 Å². The number of benzene rings is 2. The number of thiophene rings is 1. The van der Waals surface area contributed by atoms with Crippen molar-refractivity contribution in [3.63, 3.8) is 0 Å². The molecule has 33 heavy (non-hydrogen) atoms. The molecular weight excluding hydrogens is 432 g/mol. The van der Waals surface area contributed by atoms with Gasteiger partial charge < -0.3 is 15.2 Å². The van der Waals surface area contributed by atoms with E-state index in [1.807, 2.05) is 26.0 Å². The summed E-state index contributed by atoms with van der Waals surface area (Å²) in [6.45, 7) is 4.06. The smallest absolute Gasteiger partial charge is 0.259 e. The number of ether oxygens (including phenoxy) is 1. The second kappa shape index (κ2) is 10.2. The van der Waals surface area contributed by atoms with Gasteiger partial charge in [-0.05, 0) is 92.1 Å². The lowest BCUT2D eigenvalue weighted by atomic mass is 9.96. The molecule has 1 amide bonds. The zero-order valence-corrected chi connectivity index (χ0v) is 20.2. The van der Waals surface area contributed by atoms with Gasteiger partial charge in [0.15, 0.2) is 11.5 Å². The molecule has 0 saturated heterocycles. The van der Waals surface area contributed by atoms with Crippen LogP contribution in [0.3, 0.4) is 0 Å². The SMILES string of the molecule is COc1cc(C=Nc2sc3c(c2C(=O)Nc2cc(C)cc(C)c2)CCCCCC3)ccc1O. The van der Waals surface area contributed by atoms with Gasteiger partial charge in [0.05, 0.1) is 12.7 Å². The molecule has 1 aromatic heterocycles. The average Bonchev–Trinajstić information content (AvgIpc) is 3.08. The second-order valence-electron chi connectivity index (χ2n) is 8.62. The number of rotatable bonds is 5.